The van der Waals surface area contributed by atoms with Gasteiger partial charge in [0.2, 0.25) is 0 Å². The maximum absolute atomic E-state index is 4.70. The van der Waals surface area contributed by atoms with Gasteiger partial charge in [0.1, 0.15) is 0 Å². The van der Waals surface area contributed by atoms with E-state index in [2.05, 4.69) is 70.8 Å². The number of rotatable bonds is 7. The minimum Gasteiger partial charge on any atom is -0.361 e. The first-order valence-corrected chi connectivity index (χ1v) is 8.96. The number of aryl methyl sites for hydroxylation is 1. The summed E-state index contributed by atoms with van der Waals surface area (Å²) in [5.74, 6) is 0.880. The molecular weight excluding hydrogens is 437 g/mol. The summed E-state index contributed by atoms with van der Waals surface area (Å²) in [6.45, 7) is 7.62. The SMILES string of the molecule is CCNC(=NCCc1c[nH]c2cc(C)ccc12)NCCn1cccc1.I. The molecule has 6 heteroatoms. The molecule has 0 aliphatic carbocycles. The van der Waals surface area contributed by atoms with Crippen LogP contribution in [0.3, 0.4) is 0 Å². The summed E-state index contributed by atoms with van der Waals surface area (Å²) in [7, 11) is 0. The Morgan fingerprint density at radius 2 is 2.00 bits per heavy atom. The van der Waals surface area contributed by atoms with Crippen molar-refractivity contribution in [2.24, 2.45) is 4.99 Å². The normalized spacial score (nSPS) is 11.4. The van der Waals surface area contributed by atoms with Crippen LogP contribution < -0.4 is 10.6 Å². The molecule has 0 amide bonds. The van der Waals surface area contributed by atoms with Gasteiger partial charge >= 0.3 is 0 Å². The minimum atomic E-state index is 0. The molecule has 26 heavy (non-hydrogen) atoms. The van der Waals surface area contributed by atoms with E-state index >= 15 is 0 Å². The summed E-state index contributed by atoms with van der Waals surface area (Å²) in [5, 5.41) is 8.00. The first-order valence-electron chi connectivity index (χ1n) is 8.96. The van der Waals surface area contributed by atoms with Crippen LogP contribution in [0.4, 0.5) is 0 Å². The maximum atomic E-state index is 4.70. The van der Waals surface area contributed by atoms with Crippen LogP contribution in [-0.4, -0.2) is 35.1 Å². The second-order valence-electron chi connectivity index (χ2n) is 6.22. The molecule has 3 N–H and O–H groups in total. The number of H-pyrrole nitrogens is 1. The van der Waals surface area contributed by atoms with Gasteiger partial charge in [0.15, 0.2) is 5.96 Å². The lowest BCUT2D eigenvalue weighted by atomic mass is 10.1. The predicted molar refractivity (Wildman–Crippen MR) is 121 cm³/mol. The lowest BCUT2D eigenvalue weighted by molar-refractivity contribution is 0.665. The number of halogens is 1. The zero-order chi connectivity index (χ0) is 17.5. The van der Waals surface area contributed by atoms with E-state index in [9.17, 15) is 0 Å². The molecule has 0 atom stereocenters. The average Bonchev–Trinajstić information content (AvgIpc) is 3.24. The second kappa shape index (κ2) is 10.3. The van der Waals surface area contributed by atoms with Gasteiger partial charge in [-0.1, -0.05) is 12.1 Å². The van der Waals surface area contributed by atoms with E-state index in [1.165, 1.54) is 22.0 Å². The van der Waals surface area contributed by atoms with E-state index in [1.807, 2.05) is 12.1 Å². The van der Waals surface area contributed by atoms with Gasteiger partial charge in [-0.25, -0.2) is 0 Å². The van der Waals surface area contributed by atoms with Gasteiger partial charge in [0.05, 0.1) is 0 Å². The van der Waals surface area contributed by atoms with Gasteiger partial charge in [-0.05, 0) is 49.6 Å². The van der Waals surface area contributed by atoms with Crippen molar-refractivity contribution >= 4 is 40.8 Å². The van der Waals surface area contributed by atoms with Gasteiger partial charge in [-0.3, -0.25) is 4.99 Å². The maximum Gasteiger partial charge on any atom is 0.191 e. The summed E-state index contributed by atoms with van der Waals surface area (Å²) in [6.07, 6.45) is 7.18. The topological polar surface area (TPSA) is 57.1 Å². The van der Waals surface area contributed by atoms with Crippen molar-refractivity contribution < 1.29 is 0 Å². The molecule has 3 rings (SSSR count). The van der Waals surface area contributed by atoms with Crippen molar-refractivity contribution in [1.82, 2.24) is 20.2 Å². The lowest BCUT2D eigenvalue weighted by Gasteiger charge is -2.11. The van der Waals surface area contributed by atoms with Gasteiger partial charge < -0.3 is 20.2 Å². The first-order chi connectivity index (χ1) is 12.3. The molecule has 0 radical (unpaired) electrons. The molecule has 2 heterocycles. The third-order valence-corrected chi connectivity index (χ3v) is 4.25. The van der Waals surface area contributed by atoms with Crippen LogP contribution in [0.2, 0.25) is 0 Å². The number of aliphatic imine (C=N–C) groups is 1. The Labute approximate surface area is 172 Å². The monoisotopic (exact) mass is 465 g/mol. The molecule has 0 bridgehead atoms. The number of nitrogens with one attached hydrogen (secondary N) is 3. The molecule has 0 saturated carbocycles. The van der Waals surface area contributed by atoms with Crippen LogP contribution in [0, 0.1) is 6.92 Å². The minimum absolute atomic E-state index is 0. The number of benzene rings is 1. The number of aromatic amines is 1. The van der Waals surface area contributed by atoms with E-state index in [4.69, 9.17) is 4.99 Å². The van der Waals surface area contributed by atoms with Crippen molar-refractivity contribution in [2.75, 3.05) is 19.6 Å². The number of aromatic nitrogens is 2. The molecule has 5 nitrogen and oxygen atoms in total. The number of hydrogen-bond donors (Lipinski definition) is 3. The number of guanidine groups is 1. The Morgan fingerprint density at radius 1 is 1.19 bits per heavy atom. The number of fused-ring (bicyclic) bond motifs is 1. The zero-order valence-corrected chi connectivity index (χ0v) is 17.8. The summed E-state index contributed by atoms with van der Waals surface area (Å²) >= 11 is 0. The number of nitrogens with zero attached hydrogens (tertiary/aromatic N) is 2. The number of hydrogen-bond acceptors (Lipinski definition) is 1. The summed E-state index contributed by atoms with van der Waals surface area (Å²) in [6, 6.07) is 10.6. The van der Waals surface area contributed by atoms with Crippen LogP contribution in [0.1, 0.15) is 18.1 Å². The Kier molecular flexibility index (Phi) is 8.03. The fourth-order valence-corrected chi connectivity index (χ4v) is 2.96. The van der Waals surface area contributed by atoms with Crippen molar-refractivity contribution in [3.63, 3.8) is 0 Å². The van der Waals surface area contributed by atoms with Crippen molar-refractivity contribution in [3.8, 4) is 0 Å². The van der Waals surface area contributed by atoms with Crippen LogP contribution >= 0.6 is 24.0 Å². The second-order valence-corrected chi connectivity index (χ2v) is 6.22. The van der Waals surface area contributed by atoms with Gasteiger partial charge in [-0.2, -0.15) is 0 Å². The van der Waals surface area contributed by atoms with Crippen LogP contribution in [0.5, 0.6) is 0 Å². The molecule has 0 spiro atoms. The van der Waals surface area contributed by atoms with Crippen LogP contribution in [0.25, 0.3) is 10.9 Å². The molecule has 140 valence electrons. The Bertz CT molecular complexity index is 820. The molecule has 0 aliphatic heterocycles. The zero-order valence-electron chi connectivity index (χ0n) is 15.5. The van der Waals surface area contributed by atoms with E-state index in [0.29, 0.717) is 0 Å². The quantitative estimate of drug-likeness (QED) is 0.283. The highest BCUT2D eigenvalue weighted by molar-refractivity contribution is 14.0. The molecule has 0 unspecified atom stereocenters. The predicted octanol–water partition coefficient (Wildman–Crippen LogP) is 3.69. The molecule has 0 aliphatic rings. The Balaban J connectivity index is 0.00000243. The van der Waals surface area contributed by atoms with E-state index in [0.717, 1.165) is 38.6 Å². The van der Waals surface area contributed by atoms with E-state index in [1.54, 1.807) is 0 Å². The third kappa shape index (κ3) is 5.52. The Hall–Kier alpha value is -1.96. The molecule has 1 aromatic carbocycles. The average molecular weight is 465 g/mol. The molecular formula is C20H28IN5. The molecule has 0 fully saturated rings. The lowest BCUT2D eigenvalue weighted by Crippen LogP contribution is -2.39. The van der Waals surface area contributed by atoms with Crippen molar-refractivity contribution in [2.45, 2.75) is 26.8 Å². The largest absolute Gasteiger partial charge is 0.361 e. The Morgan fingerprint density at radius 3 is 2.77 bits per heavy atom. The highest BCUT2D eigenvalue weighted by atomic mass is 127. The third-order valence-electron chi connectivity index (χ3n) is 4.25. The summed E-state index contributed by atoms with van der Waals surface area (Å²) < 4.78 is 2.16. The molecule has 0 saturated heterocycles. The fourth-order valence-electron chi connectivity index (χ4n) is 2.96. The van der Waals surface area contributed by atoms with Crippen molar-refractivity contribution in [1.29, 1.82) is 0 Å². The van der Waals surface area contributed by atoms with Gasteiger partial charge in [0, 0.05) is 55.7 Å². The fraction of sp³-hybridized carbons (Fsp3) is 0.350. The van der Waals surface area contributed by atoms with Crippen LogP contribution in [0.15, 0.2) is 53.9 Å². The van der Waals surface area contributed by atoms with Gasteiger partial charge in [0.25, 0.3) is 0 Å². The molecule has 3 aromatic rings. The smallest absolute Gasteiger partial charge is 0.191 e. The highest BCUT2D eigenvalue weighted by Crippen LogP contribution is 2.19. The standard InChI is InChI=1S/C20H27N5.HI/c1-3-21-20(23-10-13-25-11-4-5-12-25)22-9-8-17-15-24-19-14-16(2)6-7-18(17)19;/h4-7,11-12,14-15,24H,3,8-10,13H2,1-2H3,(H2,21,22,23);1H. The summed E-state index contributed by atoms with van der Waals surface area (Å²) in [4.78, 5) is 8.06. The highest BCUT2D eigenvalue weighted by Gasteiger charge is 2.04. The van der Waals surface area contributed by atoms with Crippen LogP contribution in [-0.2, 0) is 13.0 Å². The first kappa shape index (κ1) is 20.4. The van der Waals surface area contributed by atoms with Crippen molar-refractivity contribution in [3.05, 3.63) is 60.0 Å². The molecule has 2 aromatic heterocycles. The van der Waals surface area contributed by atoms with E-state index in [-0.39, 0.29) is 24.0 Å². The van der Waals surface area contributed by atoms with Gasteiger partial charge in [-0.15, -0.1) is 24.0 Å². The van der Waals surface area contributed by atoms with E-state index < -0.39 is 0 Å². The summed E-state index contributed by atoms with van der Waals surface area (Å²) in [5.41, 5.74) is 3.80.